The molecule has 0 amide bonds. The molecule has 1 saturated carbocycles. The minimum absolute atomic E-state index is 0.145. The third kappa shape index (κ3) is 0.644. The zero-order valence-electron chi connectivity index (χ0n) is 6.45. The van der Waals surface area contributed by atoms with Crippen molar-refractivity contribution in [3.63, 3.8) is 0 Å². The fourth-order valence-electron chi connectivity index (χ4n) is 2.55. The number of hydrogen-bond acceptors (Lipinski definition) is 2. The molecule has 3 aliphatic rings. The monoisotopic (exact) mass is 152 g/mol. The highest BCUT2D eigenvalue weighted by Gasteiger charge is 2.57. The maximum Gasteiger partial charge on any atom is 0.172 e. The highest BCUT2D eigenvalue weighted by molar-refractivity contribution is 5.14. The Morgan fingerprint density at radius 1 is 1.27 bits per heavy atom. The van der Waals surface area contributed by atoms with Crippen molar-refractivity contribution >= 4 is 0 Å². The van der Waals surface area contributed by atoms with E-state index in [0.29, 0.717) is 5.92 Å². The number of fused-ring (bicyclic) bond motifs is 2. The van der Waals surface area contributed by atoms with E-state index in [9.17, 15) is 0 Å². The van der Waals surface area contributed by atoms with Crippen molar-refractivity contribution in [2.24, 2.45) is 11.8 Å². The molecule has 1 heterocycles. The van der Waals surface area contributed by atoms with E-state index in [4.69, 9.17) is 9.47 Å². The second-order valence-corrected chi connectivity index (χ2v) is 3.65. The molecular formula is C9H12O2. The minimum atomic E-state index is -0.145. The quantitative estimate of drug-likeness (QED) is 0.487. The van der Waals surface area contributed by atoms with Crippen LogP contribution in [-0.2, 0) is 9.47 Å². The standard InChI is InChI=1S/C9H12O2/c1-2-7-6-9(8(7)3-1)10-4-5-11-9/h1-2,7-8H,3-6H2/t7-,8-/m1/s1. The van der Waals surface area contributed by atoms with Gasteiger partial charge in [0, 0.05) is 12.3 Å². The second kappa shape index (κ2) is 1.87. The van der Waals surface area contributed by atoms with Crippen LogP contribution in [-0.4, -0.2) is 19.0 Å². The fraction of sp³-hybridized carbons (Fsp3) is 0.778. The summed E-state index contributed by atoms with van der Waals surface area (Å²) in [5.41, 5.74) is 0. The van der Waals surface area contributed by atoms with Crippen LogP contribution in [0.3, 0.4) is 0 Å². The highest BCUT2D eigenvalue weighted by Crippen LogP contribution is 2.54. The number of hydrogen-bond donors (Lipinski definition) is 0. The maximum atomic E-state index is 5.63. The van der Waals surface area contributed by atoms with Gasteiger partial charge in [-0.05, 0) is 12.3 Å². The lowest BCUT2D eigenvalue weighted by molar-refractivity contribution is -0.262. The molecule has 2 atom stereocenters. The summed E-state index contributed by atoms with van der Waals surface area (Å²) in [6, 6.07) is 0. The molecule has 2 nitrogen and oxygen atoms in total. The fourth-order valence-corrected chi connectivity index (χ4v) is 2.55. The van der Waals surface area contributed by atoms with Crippen molar-refractivity contribution in [1.82, 2.24) is 0 Å². The van der Waals surface area contributed by atoms with Crippen LogP contribution in [0.2, 0.25) is 0 Å². The molecule has 2 fully saturated rings. The molecule has 2 aliphatic carbocycles. The van der Waals surface area contributed by atoms with Crippen molar-refractivity contribution in [2.45, 2.75) is 18.6 Å². The first-order valence-corrected chi connectivity index (χ1v) is 4.35. The normalized spacial score (nSPS) is 44.4. The Morgan fingerprint density at radius 2 is 2.09 bits per heavy atom. The summed E-state index contributed by atoms with van der Waals surface area (Å²) in [6.07, 6.45) is 6.81. The van der Waals surface area contributed by atoms with Gasteiger partial charge in [0.05, 0.1) is 13.2 Å². The molecule has 60 valence electrons. The summed E-state index contributed by atoms with van der Waals surface area (Å²) < 4.78 is 11.3. The highest BCUT2D eigenvalue weighted by atomic mass is 16.7. The Morgan fingerprint density at radius 3 is 2.82 bits per heavy atom. The molecule has 3 rings (SSSR count). The lowest BCUT2D eigenvalue weighted by atomic mass is 9.70. The van der Waals surface area contributed by atoms with Gasteiger partial charge in [-0.2, -0.15) is 0 Å². The molecular weight excluding hydrogens is 140 g/mol. The van der Waals surface area contributed by atoms with Gasteiger partial charge < -0.3 is 9.47 Å². The summed E-state index contributed by atoms with van der Waals surface area (Å²) in [5.74, 6) is 1.26. The predicted molar refractivity (Wildman–Crippen MR) is 40.0 cm³/mol. The van der Waals surface area contributed by atoms with Gasteiger partial charge in [0.25, 0.3) is 0 Å². The lowest BCUT2D eigenvalue weighted by Gasteiger charge is -2.47. The number of allylic oxidation sites excluding steroid dienone is 2. The molecule has 0 N–H and O–H groups in total. The number of ether oxygens (including phenoxy) is 2. The minimum Gasteiger partial charge on any atom is -0.347 e. The summed E-state index contributed by atoms with van der Waals surface area (Å²) in [7, 11) is 0. The van der Waals surface area contributed by atoms with Crippen molar-refractivity contribution in [3.05, 3.63) is 12.2 Å². The summed E-state index contributed by atoms with van der Waals surface area (Å²) >= 11 is 0. The molecule has 11 heavy (non-hydrogen) atoms. The van der Waals surface area contributed by atoms with Gasteiger partial charge in [0.15, 0.2) is 5.79 Å². The van der Waals surface area contributed by atoms with Crippen molar-refractivity contribution < 1.29 is 9.47 Å². The Labute approximate surface area is 66.2 Å². The van der Waals surface area contributed by atoms with Crippen LogP contribution in [0.5, 0.6) is 0 Å². The van der Waals surface area contributed by atoms with E-state index >= 15 is 0 Å². The maximum absolute atomic E-state index is 5.63. The Bertz CT molecular complexity index is 204. The predicted octanol–water partition coefficient (Wildman–Crippen LogP) is 1.33. The molecule has 1 spiro atoms. The SMILES string of the molecule is C1=C[C@@H]2CC3(OCCO3)[C@@H]2C1. The molecule has 0 aromatic rings. The van der Waals surface area contributed by atoms with Gasteiger partial charge in [-0.3, -0.25) is 0 Å². The van der Waals surface area contributed by atoms with E-state index in [-0.39, 0.29) is 5.79 Å². The molecule has 0 radical (unpaired) electrons. The molecule has 0 unspecified atom stereocenters. The molecule has 2 heteroatoms. The average Bonchev–Trinajstić information content (AvgIpc) is 2.52. The van der Waals surface area contributed by atoms with Crippen molar-refractivity contribution in [1.29, 1.82) is 0 Å². The Balaban J connectivity index is 1.83. The van der Waals surface area contributed by atoms with Gasteiger partial charge >= 0.3 is 0 Å². The van der Waals surface area contributed by atoms with Crippen LogP contribution in [0.4, 0.5) is 0 Å². The smallest absolute Gasteiger partial charge is 0.172 e. The largest absolute Gasteiger partial charge is 0.347 e. The molecule has 1 saturated heterocycles. The third-order valence-electron chi connectivity index (χ3n) is 3.15. The summed E-state index contributed by atoms with van der Waals surface area (Å²) in [6.45, 7) is 1.59. The Hall–Kier alpha value is -0.340. The first-order valence-electron chi connectivity index (χ1n) is 4.35. The van der Waals surface area contributed by atoms with E-state index in [1.54, 1.807) is 0 Å². The van der Waals surface area contributed by atoms with Crippen LogP contribution >= 0.6 is 0 Å². The molecule has 0 aromatic heterocycles. The van der Waals surface area contributed by atoms with Crippen LogP contribution in [0.15, 0.2) is 12.2 Å². The molecule has 0 aromatic carbocycles. The average molecular weight is 152 g/mol. The number of rotatable bonds is 0. The van der Waals surface area contributed by atoms with E-state index in [1.807, 2.05) is 0 Å². The van der Waals surface area contributed by atoms with Gasteiger partial charge in [-0.1, -0.05) is 12.2 Å². The van der Waals surface area contributed by atoms with Crippen LogP contribution in [0, 0.1) is 11.8 Å². The Kier molecular flexibility index (Phi) is 1.06. The summed E-state index contributed by atoms with van der Waals surface area (Å²) in [5, 5.41) is 0. The van der Waals surface area contributed by atoms with Gasteiger partial charge in [0.1, 0.15) is 0 Å². The first-order chi connectivity index (χ1) is 5.41. The van der Waals surface area contributed by atoms with Crippen LogP contribution in [0.25, 0.3) is 0 Å². The zero-order chi connectivity index (χ0) is 7.31. The van der Waals surface area contributed by atoms with Crippen LogP contribution in [0.1, 0.15) is 12.8 Å². The molecule has 1 aliphatic heterocycles. The topological polar surface area (TPSA) is 18.5 Å². The van der Waals surface area contributed by atoms with Crippen molar-refractivity contribution in [3.8, 4) is 0 Å². The van der Waals surface area contributed by atoms with Crippen LogP contribution < -0.4 is 0 Å². The second-order valence-electron chi connectivity index (χ2n) is 3.65. The van der Waals surface area contributed by atoms with E-state index in [0.717, 1.165) is 32.0 Å². The van der Waals surface area contributed by atoms with E-state index in [1.165, 1.54) is 0 Å². The van der Waals surface area contributed by atoms with E-state index < -0.39 is 0 Å². The van der Waals surface area contributed by atoms with Gasteiger partial charge in [0.2, 0.25) is 0 Å². The van der Waals surface area contributed by atoms with Gasteiger partial charge in [-0.15, -0.1) is 0 Å². The summed E-state index contributed by atoms with van der Waals surface area (Å²) in [4.78, 5) is 0. The third-order valence-corrected chi connectivity index (χ3v) is 3.15. The van der Waals surface area contributed by atoms with Crippen molar-refractivity contribution in [2.75, 3.05) is 13.2 Å². The molecule has 0 bridgehead atoms. The first kappa shape index (κ1) is 6.21. The van der Waals surface area contributed by atoms with Gasteiger partial charge in [-0.25, -0.2) is 0 Å². The van der Waals surface area contributed by atoms with E-state index in [2.05, 4.69) is 12.2 Å². The zero-order valence-corrected chi connectivity index (χ0v) is 6.45. The lowest BCUT2D eigenvalue weighted by Crippen LogP contribution is -2.52.